The summed E-state index contributed by atoms with van der Waals surface area (Å²) in [6, 6.07) is 17.1. The van der Waals surface area contributed by atoms with Crippen LogP contribution in [0.25, 0.3) is 21.5 Å². The lowest BCUT2D eigenvalue weighted by molar-refractivity contribution is -0.537. The highest BCUT2D eigenvalue weighted by molar-refractivity contribution is 7.86. The summed E-state index contributed by atoms with van der Waals surface area (Å²) in [7, 11) is -8.87. The number of carbonyl (C=O) groups is 3. The molecule has 0 bridgehead atoms. The molecule has 16 nitrogen and oxygen atoms in total. The Morgan fingerprint density at radius 1 is 0.622 bits per heavy atom. The second-order valence-electron chi connectivity index (χ2n) is 20.6. The van der Waals surface area contributed by atoms with Gasteiger partial charge in [-0.05, 0) is 127 Å². The van der Waals surface area contributed by atoms with Gasteiger partial charge in [-0.3, -0.25) is 23.6 Å². The minimum atomic E-state index is -4.44. The van der Waals surface area contributed by atoms with E-state index in [4.69, 9.17) is 4.74 Å². The number of amides is 1. The number of fused-ring (bicyclic) bond motifs is 6. The van der Waals surface area contributed by atoms with E-state index in [1.807, 2.05) is 24.3 Å². The van der Waals surface area contributed by atoms with E-state index < -0.39 is 43.0 Å². The summed E-state index contributed by atoms with van der Waals surface area (Å²) in [4.78, 5) is 41.6. The van der Waals surface area contributed by atoms with Crippen LogP contribution in [-0.2, 0) is 45.4 Å². The average molecular weight is 1050 g/mol. The maximum Gasteiger partial charge on any atom is 0.410 e. The number of allylic oxidation sites excluding steroid dienone is 8. The van der Waals surface area contributed by atoms with Crippen molar-refractivity contribution in [3.8, 4) is 0 Å². The molecule has 18 heteroatoms. The number of hydrogen-bond donors (Lipinski definition) is 4. The Bertz CT molecular complexity index is 3110. The Morgan fingerprint density at radius 2 is 1.05 bits per heavy atom. The topological polar surface area (TPSA) is 222 Å². The van der Waals surface area contributed by atoms with E-state index in [0.29, 0.717) is 75.7 Å². The predicted molar refractivity (Wildman–Crippen MR) is 286 cm³/mol. The third-order valence-electron chi connectivity index (χ3n) is 15.1. The highest BCUT2D eigenvalue weighted by Gasteiger charge is 2.43. The summed E-state index contributed by atoms with van der Waals surface area (Å²) in [5.41, 5.74) is 8.20. The number of carboxylic acids is 2. The van der Waals surface area contributed by atoms with Gasteiger partial charge in [-0.15, -0.1) is 0 Å². The Hall–Kier alpha value is -6.34. The minimum absolute atomic E-state index is 0.0885. The molecule has 0 unspecified atom stereocenters. The van der Waals surface area contributed by atoms with Crippen molar-refractivity contribution in [1.82, 2.24) is 4.90 Å². The van der Waals surface area contributed by atoms with Gasteiger partial charge < -0.3 is 24.7 Å². The van der Waals surface area contributed by atoms with E-state index in [1.165, 1.54) is 24.3 Å². The third kappa shape index (κ3) is 11.0. The molecule has 0 atom stereocenters. The molecule has 1 saturated heterocycles. The van der Waals surface area contributed by atoms with Crippen molar-refractivity contribution in [2.24, 2.45) is 0 Å². The van der Waals surface area contributed by atoms with Gasteiger partial charge in [0.15, 0.2) is 13.1 Å². The molecule has 74 heavy (non-hydrogen) atoms. The molecule has 1 aliphatic carbocycles. The van der Waals surface area contributed by atoms with Gasteiger partial charge in [-0.1, -0.05) is 77.0 Å². The van der Waals surface area contributed by atoms with Gasteiger partial charge in [0.2, 0.25) is 5.71 Å². The Balaban J connectivity index is 1.22. The molecule has 3 aliphatic heterocycles. The Kier molecular flexibility index (Phi) is 15.7. The first-order valence-electron chi connectivity index (χ1n) is 25.5. The van der Waals surface area contributed by atoms with Crippen LogP contribution in [0.15, 0.2) is 117 Å². The Labute approximate surface area is 433 Å². The average Bonchev–Trinajstić information content (AvgIpc) is 3.92. The van der Waals surface area contributed by atoms with Crippen molar-refractivity contribution >= 4 is 76.9 Å². The lowest BCUT2D eigenvalue weighted by Gasteiger charge is -2.27. The van der Waals surface area contributed by atoms with Gasteiger partial charge in [0.05, 0.1) is 29.5 Å². The summed E-state index contributed by atoms with van der Waals surface area (Å²) < 4.78 is 76.2. The van der Waals surface area contributed by atoms with Crippen LogP contribution in [0.4, 0.5) is 16.2 Å². The number of hydrogen-bond acceptors (Lipinski definition) is 10. The second kappa shape index (κ2) is 21.5. The molecular formula is C56H67N4O12S2+. The summed E-state index contributed by atoms with van der Waals surface area (Å²) in [6.07, 6.45) is 14.1. The number of nitrogens with zero attached hydrogens (tertiary/aromatic N) is 4. The summed E-state index contributed by atoms with van der Waals surface area (Å²) in [5, 5.41) is 21.7. The summed E-state index contributed by atoms with van der Waals surface area (Å²) in [6.45, 7) is 14.0. The molecule has 0 radical (unpaired) electrons. The fourth-order valence-electron chi connectivity index (χ4n) is 11.5. The first-order valence-corrected chi connectivity index (χ1v) is 28.4. The van der Waals surface area contributed by atoms with Crippen molar-refractivity contribution < 1.29 is 59.9 Å². The predicted octanol–water partition coefficient (Wildman–Crippen LogP) is 10.0. The van der Waals surface area contributed by atoms with Crippen molar-refractivity contribution in [2.45, 2.75) is 119 Å². The fraction of sp³-hybridized carbons (Fsp3) is 0.429. The van der Waals surface area contributed by atoms with Crippen molar-refractivity contribution in [3.63, 3.8) is 0 Å². The molecule has 4 aromatic rings. The zero-order valence-electron chi connectivity index (χ0n) is 42.8. The number of ether oxygens (including phenoxy) is 1. The lowest BCUT2D eigenvalue weighted by atomic mass is 9.81. The number of carboxylic acid groups (broad SMARTS) is 2. The van der Waals surface area contributed by atoms with Gasteiger partial charge in [0, 0.05) is 70.7 Å². The van der Waals surface area contributed by atoms with Gasteiger partial charge in [0.25, 0.3) is 20.2 Å². The van der Waals surface area contributed by atoms with Crippen LogP contribution in [0.1, 0.15) is 110 Å². The number of aliphatic carboxylic acids is 2. The standard InChI is InChI=1S/C56H66N4O12S2/c1-6-72-54(65)58-33-31-57(32-34-58)53-37(19-27-47-55(2,3)51-43-23-21-41(73(66,67)68)35-39(43)17-25-45(51)59(47)29-11-7-9-13-49(61)62)15-16-38(53)20-28-48-56(4,5)52-44-24-22-42(74(69,70)71)36-40(44)18-26-46(52)60(48)30-12-8-10-14-50(63)64/h17-28,35-36H,6-16,29-34H2,1-5H3,(H3-,61,62,63,64,66,67,68,69,70,71)/p+1. The normalized spacial score (nSPS) is 19.7. The largest absolute Gasteiger partial charge is 0.481 e. The molecule has 2 fully saturated rings. The summed E-state index contributed by atoms with van der Waals surface area (Å²) in [5.74, 6) is -1.66. The lowest BCUT2D eigenvalue weighted by Crippen LogP contribution is -2.47. The van der Waals surface area contributed by atoms with Crippen LogP contribution in [-0.4, -0.2) is 115 Å². The number of rotatable bonds is 17. The van der Waals surface area contributed by atoms with E-state index in [1.54, 1.807) is 24.0 Å². The SMILES string of the molecule is CCOC(=O)N1CC[N+](=C2C(=CC=C3N(CCCCCC(=O)O)c4ccc5cc(S(=O)(=O)O)ccc5c4C3(C)C)CCC2=CC=C2N(CCCCCC(=O)O)c3ccc4cc(S(=O)(=O)O)ccc4c3C2(C)C)CC1. The van der Waals surface area contributed by atoms with Crippen molar-refractivity contribution in [1.29, 1.82) is 0 Å². The number of carbonyl (C=O) groups excluding carboxylic acids is 1. The van der Waals surface area contributed by atoms with Gasteiger partial charge in [-0.2, -0.15) is 16.8 Å². The van der Waals surface area contributed by atoms with Gasteiger partial charge in [-0.25, -0.2) is 9.37 Å². The quantitative estimate of drug-likeness (QED) is 0.0439. The molecular weight excluding hydrogens is 985 g/mol. The monoisotopic (exact) mass is 1050 g/mol. The van der Waals surface area contributed by atoms with Crippen molar-refractivity contribution in [3.05, 3.63) is 119 Å². The maximum absolute atomic E-state index is 12.9. The molecule has 1 amide bonds. The highest BCUT2D eigenvalue weighted by Crippen LogP contribution is 2.53. The van der Waals surface area contributed by atoms with E-state index in [9.17, 15) is 50.5 Å². The van der Waals surface area contributed by atoms with Crippen LogP contribution < -0.4 is 9.80 Å². The van der Waals surface area contributed by atoms with Crippen LogP contribution in [0.5, 0.6) is 0 Å². The van der Waals surface area contributed by atoms with E-state index in [2.05, 4.69) is 66.4 Å². The molecule has 1 saturated carbocycles. The van der Waals surface area contributed by atoms with Crippen LogP contribution in [0, 0.1) is 0 Å². The highest BCUT2D eigenvalue weighted by atomic mass is 32.2. The fourth-order valence-corrected chi connectivity index (χ4v) is 12.6. The van der Waals surface area contributed by atoms with E-state index >= 15 is 0 Å². The maximum atomic E-state index is 12.9. The number of benzene rings is 4. The molecule has 4 N–H and O–H groups in total. The molecule has 4 aromatic carbocycles. The second-order valence-corrected chi connectivity index (χ2v) is 23.4. The van der Waals surface area contributed by atoms with Gasteiger partial charge >= 0.3 is 18.0 Å². The van der Waals surface area contributed by atoms with Crippen LogP contribution in [0.2, 0.25) is 0 Å². The zero-order chi connectivity index (χ0) is 53.3. The number of piperazine rings is 1. The molecule has 394 valence electrons. The molecule has 4 aliphatic rings. The zero-order valence-corrected chi connectivity index (χ0v) is 44.4. The number of unbranched alkanes of at least 4 members (excludes halogenated alkanes) is 4. The smallest absolute Gasteiger partial charge is 0.410 e. The minimum Gasteiger partial charge on any atom is -0.481 e. The van der Waals surface area contributed by atoms with Crippen LogP contribution >= 0.6 is 0 Å². The van der Waals surface area contributed by atoms with E-state index in [-0.39, 0.29) is 35.3 Å². The molecule has 3 heterocycles. The summed E-state index contributed by atoms with van der Waals surface area (Å²) >= 11 is 0. The molecule has 8 rings (SSSR count). The van der Waals surface area contributed by atoms with Gasteiger partial charge in [0.1, 0.15) is 0 Å². The molecule has 0 spiro atoms. The molecule has 0 aromatic heterocycles. The van der Waals surface area contributed by atoms with E-state index in [0.717, 1.165) is 87.2 Å². The van der Waals surface area contributed by atoms with Crippen molar-refractivity contribution in [2.75, 3.05) is 55.7 Å². The number of anilines is 2. The first-order chi connectivity index (χ1) is 35.0. The Morgan fingerprint density at radius 3 is 1.45 bits per heavy atom. The third-order valence-corrected chi connectivity index (χ3v) is 16.8. The first kappa shape index (κ1) is 53.9. The van der Waals surface area contributed by atoms with Crippen LogP contribution in [0.3, 0.4) is 0 Å².